The van der Waals surface area contributed by atoms with Crippen molar-refractivity contribution in [2.24, 2.45) is 0 Å². The molecule has 0 saturated carbocycles. The molecule has 0 amide bonds. The zero-order valence-electron chi connectivity index (χ0n) is 9.37. The van der Waals surface area contributed by atoms with Crippen molar-refractivity contribution in [1.82, 2.24) is 10.2 Å². The first-order valence-corrected chi connectivity index (χ1v) is 6.01. The highest BCUT2D eigenvalue weighted by atomic mass is 32.1. The molecule has 0 aliphatic carbocycles. The van der Waals surface area contributed by atoms with Gasteiger partial charge in [-0.25, -0.2) is 0 Å². The summed E-state index contributed by atoms with van der Waals surface area (Å²) in [6.45, 7) is 0.153. The third kappa shape index (κ3) is 3.17. The molecule has 1 aromatic heterocycles. The molecule has 0 aliphatic heterocycles. The Hall–Kier alpha value is -2.15. The van der Waals surface area contributed by atoms with Crippen molar-refractivity contribution in [2.45, 2.75) is 6.42 Å². The number of nitrogens with two attached hydrogens (primary N) is 1. The van der Waals surface area contributed by atoms with Crippen LogP contribution in [0.15, 0.2) is 24.3 Å². The molecule has 2 aromatic rings. The van der Waals surface area contributed by atoms with Crippen LogP contribution in [0.3, 0.4) is 0 Å². The number of anilines is 1. The van der Waals surface area contributed by atoms with Crippen molar-refractivity contribution in [3.05, 3.63) is 24.3 Å². The average Bonchev–Trinajstić information content (AvgIpc) is 2.76. The van der Waals surface area contributed by atoms with Crippen LogP contribution in [-0.4, -0.2) is 27.9 Å². The summed E-state index contributed by atoms with van der Waals surface area (Å²) in [4.78, 5) is 10.3. The zero-order chi connectivity index (χ0) is 13.0. The van der Waals surface area contributed by atoms with E-state index in [1.165, 1.54) is 11.3 Å². The van der Waals surface area contributed by atoms with Crippen LogP contribution in [0.4, 0.5) is 5.13 Å². The zero-order valence-corrected chi connectivity index (χ0v) is 10.2. The Kier molecular flexibility index (Phi) is 3.73. The van der Waals surface area contributed by atoms with Crippen LogP contribution in [0, 0.1) is 0 Å². The minimum absolute atomic E-state index is 0.0192. The van der Waals surface area contributed by atoms with E-state index in [-0.39, 0.29) is 13.0 Å². The number of nitrogen functional groups attached to an aromatic ring is 1. The van der Waals surface area contributed by atoms with E-state index < -0.39 is 5.97 Å². The molecule has 0 fully saturated rings. The van der Waals surface area contributed by atoms with E-state index in [0.29, 0.717) is 10.9 Å². The molecule has 1 heterocycles. The Morgan fingerprint density at radius 2 is 2.06 bits per heavy atom. The van der Waals surface area contributed by atoms with E-state index in [4.69, 9.17) is 15.6 Å². The number of rotatable bonds is 5. The first-order chi connectivity index (χ1) is 8.65. The molecule has 0 atom stereocenters. The summed E-state index contributed by atoms with van der Waals surface area (Å²) in [6, 6.07) is 7.18. The number of carboxylic acid groups (broad SMARTS) is 1. The summed E-state index contributed by atoms with van der Waals surface area (Å²) in [6.07, 6.45) is -0.0192. The molecule has 0 radical (unpaired) electrons. The molecule has 7 heteroatoms. The number of hydrogen-bond donors (Lipinski definition) is 2. The number of aliphatic carboxylic acids is 1. The Labute approximate surface area is 107 Å². The molecule has 0 bridgehead atoms. The van der Waals surface area contributed by atoms with Gasteiger partial charge in [0.15, 0.2) is 0 Å². The SMILES string of the molecule is Nc1nnc(-c2ccc(OCCC(=O)O)cc2)s1. The lowest BCUT2D eigenvalue weighted by Gasteiger charge is -2.04. The van der Waals surface area contributed by atoms with Crippen LogP contribution >= 0.6 is 11.3 Å². The van der Waals surface area contributed by atoms with Gasteiger partial charge >= 0.3 is 5.97 Å². The molecule has 3 N–H and O–H groups in total. The Balaban J connectivity index is 1.99. The van der Waals surface area contributed by atoms with Crippen LogP contribution in [0.25, 0.3) is 10.6 Å². The minimum Gasteiger partial charge on any atom is -0.493 e. The summed E-state index contributed by atoms with van der Waals surface area (Å²) >= 11 is 1.31. The second kappa shape index (κ2) is 5.46. The highest BCUT2D eigenvalue weighted by Gasteiger charge is 2.04. The van der Waals surface area contributed by atoms with E-state index in [2.05, 4.69) is 10.2 Å². The second-order valence-electron chi connectivity index (χ2n) is 3.46. The maximum Gasteiger partial charge on any atom is 0.306 e. The van der Waals surface area contributed by atoms with Crippen LogP contribution in [0.2, 0.25) is 0 Å². The lowest BCUT2D eigenvalue weighted by Crippen LogP contribution is -2.04. The highest BCUT2D eigenvalue weighted by Crippen LogP contribution is 2.26. The molecule has 0 aliphatic rings. The van der Waals surface area contributed by atoms with Gasteiger partial charge < -0.3 is 15.6 Å². The molecule has 0 spiro atoms. The summed E-state index contributed by atoms with van der Waals surface area (Å²) < 4.78 is 5.27. The molecule has 0 unspecified atom stereocenters. The van der Waals surface area contributed by atoms with Gasteiger partial charge in [0.25, 0.3) is 0 Å². The average molecular weight is 265 g/mol. The molecular weight excluding hydrogens is 254 g/mol. The molecule has 2 rings (SSSR count). The fourth-order valence-electron chi connectivity index (χ4n) is 1.30. The van der Waals surface area contributed by atoms with Crippen molar-refractivity contribution in [1.29, 1.82) is 0 Å². The largest absolute Gasteiger partial charge is 0.493 e. The van der Waals surface area contributed by atoms with Gasteiger partial charge in [-0.05, 0) is 24.3 Å². The Morgan fingerprint density at radius 3 is 2.61 bits per heavy atom. The summed E-state index contributed by atoms with van der Waals surface area (Å²) in [7, 11) is 0. The minimum atomic E-state index is -0.879. The maximum atomic E-state index is 10.3. The molecular formula is C11H11N3O3S. The van der Waals surface area contributed by atoms with Crippen LogP contribution in [0.1, 0.15) is 6.42 Å². The fourth-order valence-corrected chi connectivity index (χ4v) is 1.92. The van der Waals surface area contributed by atoms with Crippen LogP contribution in [-0.2, 0) is 4.79 Å². The molecule has 94 valence electrons. The first kappa shape index (κ1) is 12.3. The fraction of sp³-hybridized carbons (Fsp3) is 0.182. The van der Waals surface area contributed by atoms with Gasteiger partial charge in [0.2, 0.25) is 5.13 Å². The third-order valence-electron chi connectivity index (χ3n) is 2.13. The smallest absolute Gasteiger partial charge is 0.306 e. The van der Waals surface area contributed by atoms with E-state index in [0.717, 1.165) is 10.6 Å². The standard InChI is InChI=1S/C11H11N3O3S/c12-11-14-13-10(18-11)7-1-3-8(4-2-7)17-6-5-9(15)16/h1-4H,5-6H2,(H2,12,14)(H,15,16). The summed E-state index contributed by atoms with van der Waals surface area (Å²) in [5.74, 6) is -0.256. The lowest BCUT2D eigenvalue weighted by molar-refractivity contribution is -0.137. The predicted octanol–water partition coefficient (Wildman–Crippen LogP) is 1.64. The van der Waals surface area contributed by atoms with Crippen molar-refractivity contribution in [3.63, 3.8) is 0 Å². The quantitative estimate of drug-likeness (QED) is 0.852. The first-order valence-electron chi connectivity index (χ1n) is 5.19. The van der Waals surface area contributed by atoms with Crippen molar-refractivity contribution in [2.75, 3.05) is 12.3 Å². The van der Waals surface area contributed by atoms with Crippen LogP contribution in [0.5, 0.6) is 5.75 Å². The van der Waals surface area contributed by atoms with Gasteiger partial charge in [-0.15, -0.1) is 10.2 Å². The predicted molar refractivity (Wildman–Crippen MR) is 67.5 cm³/mol. The van der Waals surface area contributed by atoms with Gasteiger partial charge in [-0.3, -0.25) is 4.79 Å². The van der Waals surface area contributed by atoms with E-state index in [9.17, 15) is 4.79 Å². The monoisotopic (exact) mass is 265 g/mol. The number of ether oxygens (including phenoxy) is 1. The van der Waals surface area contributed by atoms with Crippen LogP contribution < -0.4 is 10.5 Å². The van der Waals surface area contributed by atoms with Crippen molar-refractivity contribution < 1.29 is 14.6 Å². The summed E-state index contributed by atoms with van der Waals surface area (Å²) in [5, 5.41) is 17.3. The topological polar surface area (TPSA) is 98.3 Å². The normalized spacial score (nSPS) is 10.2. The number of hydrogen-bond acceptors (Lipinski definition) is 6. The van der Waals surface area contributed by atoms with E-state index in [1.54, 1.807) is 12.1 Å². The third-order valence-corrected chi connectivity index (χ3v) is 2.93. The molecule has 6 nitrogen and oxygen atoms in total. The van der Waals surface area contributed by atoms with E-state index >= 15 is 0 Å². The van der Waals surface area contributed by atoms with Crippen molar-refractivity contribution >= 4 is 22.4 Å². The number of carboxylic acids is 1. The second-order valence-corrected chi connectivity index (χ2v) is 4.47. The van der Waals surface area contributed by atoms with Gasteiger partial charge in [0, 0.05) is 5.56 Å². The molecule has 0 saturated heterocycles. The van der Waals surface area contributed by atoms with Crippen molar-refractivity contribution in [3.8, 4) is 16.3 Å². The van der Waals surface area contributed by atoms with Gasteiger partial charge in [-0.2, -0.15) is 0 Å². The Morgan fingerprint density at radius 1 is 1.33 bits per heavy atom. The Bertz CT molecular complexity index is 539. The maximum absolute atomic E-state index is 10.3. The number of benzene rings is 1. The number of nitrogens with zero attached hydrogens (tertiary/aromatic N) is 2. The van der Waals surface area contributed by atoms with Gasteiger partial charge in [-0.1, -0.05) is 11.3 Å². The van der Waals surface area contributed by atoms with E-state index in [1.807, 2.05) is 12.1 Å². The number of carbonyl (C=O) groups is 1. The highest BCUT2D eigenvalue weighted by molar-refractivity contribution is 7.18. The van der Waals surface area contributed by atoms with Gasteiger partial charge in [0.05, 0.1) is 13.0 Å². The summed E-state index contributed by atoms with van der Waals surface area (Å²) in [5.41, 5.74) is 6.40. The van der Waals surface area contributed by atoms with Gasteiger partial charge in [0.1, 0.15) is 10.8 Å². The molecule has 1 aromatic carbocycles. The lowest BCUT2D eigenvalue weighted by atomic mass is 10.2. The number of aromatic nitrogens is 2. The molecule has 18 heavy (non-hydrogen) atoms.